The molecule has 1 aromatic carbocycles. The third kappa shape index (κ3) is 2.52. The smallest absolute Gasteiger partial charge is 0.415 e. The molecule has 20 heavy (non-hydrogen) atoms. The van der Waals surface area contributed by atoms with Gasteiger partial charge in [0.1, 0.15) is 5.75 Å². The first-order valence-electron chi connectivity index (χ1n) is 5.94. The van der Waals surface area contributed by atoms with Crippen LogP contribution < -0.4 is 4.74 Å². The van der Waals surface area contributed by atoms with Gasteiger partial charge in [-0.05, 0) is 26.0 Å². The van der Waals surface area contributed by atoms with E-state index >= 15 is 0 Å². The van der Waals surface area contributed by atoms with Crippen LogP contribution in [0.25, 0.3) is 0 Å². The zero-order valence-corrected chi connectivity index (χ0v) is 10.9. The second kappa shape index (κ2) is 4.57. The zero-order chi connectivity index (χ0) is 15.0. The molecule has 0 spiro atoms. The summed E-state index contributed by atoms with van der Waals surface area (Å²) in [6, 6.07) is 8.11. The molecule has 1 heterocycles. The highest BCUT2D eigenvalue weighted by molar-refractivity contribution is 5.83. The Balaban J connectivity index is 2.14. The number of halogens is 3. The summed E-state index contributed by atoms with van der Waals surface area (Å²) in [6.07, 6.45) is -5.11. The van der Waals surface area contributed by atoms with Crippen molar-refractivity contribution in [2.45, 2.75) is 37.5 Å². The van der Waals surface area contributed by atoms with Gasteiger partial charge in [-0.3, -0.25) is 0 Å². The van der Waals surface area contributed by atoms with Crippen LogP contribution in [0.1, 0.15) is 20.3 Å². The predicted octanol–water partition coefficient (Wildman–Crippen LogP) is 3.53. The molecule has 0 N–H and O–H groups in total. The van der Waals surface area contributed by atoms with Gasteiger partial charge in [-0.15, -0.1) is 0 Å². The number of nitrogens with zero attached hydrogens (tertiary/aromatic N) is 2. The third-order valence-corrected chi connectivity index (χ3v) is 3.18. The number of alkyl halides is 3. The van der Waals surface area contributed by atoms with Crippen LogP contribution in [0.4, 0.5) is 13.2 Å². The number of para-hydroxylation sites is 1. The Morgan fingerprint density at radius 1 is 1.20 bits per heavy atom. The molecule has 108 valence electrons. The van der Waals surface area contributed by atoms with Gasteiger partial charge in [-0.2, -0.15) is 23.4 Å². The predicted molar refractivity (Wildman–Crippen MR) is 64.4 cm³/mol. The third-order valence-electron chi connectivity index (χ3n) is 3.18. The molecule has 0 amide bonds. The Hall–Kier alpha value is -1.92. The van der Waals surface area contributed by atoms with Crippen LogP contribution in [0.2, 0.25) is 0 Å². The highest BCUT2D eigenvalue weighted by Crippen LogP contribution is 2.45. The van der Waals surface area contributed by atoms with Crippen molar-refractivity contribution in [1.29, 1.82) is 0 Å². The maximum Gasteiger partial charge on any atom is 0.415 e. The van der Waals surface area contributed by atoms with E-state index in [0.29, 0.717) is 0 Å². The maximum absolute atomic E-state index is 12.9. The van der Waals surface area contributed by atoms with Crippen molar-refractivity contribution in [1.82, 2.24) is 0 Å². The van der Waals surface area contributed by atoms with E-state index in [1.54, 1.807) is 18.2 Å². The molecule has 0 saturated heterocycles. The van der Waals surface area contributed by atoms with Crippen molar-refractivity contribution in [3.63, 3.8) is 0 Å². The average Bonchev–Trinajstić information content (AvgIpc) is 2.69. The van der Waals surface area contributed by atoms with Gasteiger partial charge in [-0.25, -0.2) is 4.79 Å². The topological polar surface area (TPSA) is 51.0 Å². The normalized spacial score (nSPS) is 29.4. The fourth-order valence-electron chi connectivity index (χ4n) is 1.94. The second-order valence-electron chi connectivity index (χ2n) is 5.12. The van der Waals surface area contributed by atoms with Crippen LogP contribution >= 0.6 is 0 Å². The number of esters is 1. The lowest BCUT2D eigenvalue weighted by atomic mass is 9.87. The largest absolute Gasteiger partial charge is 0.425 e. The van der Waals surface area contributed by atoms with Gasteiger partial charge in [0.15, 0.2) is 11.1 Å². The van der Waals surface area contributed by atoms with E-state index in [2.05, 4.69) is 10.2 Å². The number of hydrogen-bond acceptors (Lipinski definition) is 4. The second-order valence-corrected chi connectivity index (χ2v) is 5.12. The lowest BCUT2D eigenvalue weighted by Gasteiger charge is -2.25. The van der Waals surface area contributed by atoms with Crippen LogP contribution in [0, 0.1) is 0 Å². The molecule has 0 bridgehead atoms. The van der Waals surface area contributed by atoms with Crippen LogP contribution in [0.15, 0.2) is 40.6 Å². The number of carbonyl (C=O) groups excluding carboxylic acids is 1. The molecule has 0 radical (unpaired) electrons. The molecule has 1 aliphatic heterocycles. The summed E-state index contributed by atoms with van der Waals surface area (Å²) in [5.41, 5.74) is -3.97. The Bertz CT molecular complexity index is 544. The van der Waals surface area contributed by atoms with E-state index in [9.17, 15) is 18.0 Å². The lowest BCUT2D eigenvalue weighted by molar-refractivity contribution is -0.181. The Labute approximate surface area is 113 Å². The molecular weight excluding hydrogens is 273 g/mol. The van der Waals surface area contributed by atoms with Gasteiger partial charge in [0.25, 0.3) is 0 Å². The first kappa shape index (κ1) is 14.5. The van der Waals surface area contributed by atoms with Crippen LogP contribution in [-0.2, 0) is 4.79 Å². The van der Waals surface area contributed by atoms with Gasteiger partial charge in [0.05, 0.1) is 0 Å². The number of carbonyl (C=O) groups is 1. The van der Waals surface area contributed by atoms with E-state index in [0.717, 1.165) is 6.92 Å². The van der Waals surface area contributed by atoms with Crippen LogP contribution in [0.5, 0.6) is 5.75 Å². The molecule has 1 aromatic rings. The summed E-state index contributed by atoms with van der Waals surface area (Å²) in [5.74, 6) is -0.588. The Morgan fingerprint density at radius 2 is 1.80 bits per heavy atom. The number of ether oxygens (including phenoxy) is 1. The molecule has 0 aliphatic carbocycles. The standard InChI is InChI=1S/C13H13F3N2O2/c1-11(8-12(2,18-17-11)13(14,15)16)10(19)20-9-6-4-3-5-7-9/h3-7H,8H2,1-2H3/t11-,12-/m1/s1. The summed E-state index contributed by atoms with van der Waals surface area (Å²) in [7, 11) is 0. The van der Waals surface area contributed by atoms with Crippen molar-refractivity contribution in [2.24, 2.45) is 10.2 Å². The van der Waals surface area contributed by atoms with E-state index in [1.165, 1.54) is 19.1 Å². The maximum atomic E-state index is 12.9. The van der Waals surface area contributed by atoms with Gasteiger partial charge in [-0.1, -0.05) is 18.2 Å². The van der Waals surface area contributed by atoms with Crippen LogP contribution in [-0.4, -0.2) is 23.2 Å². The van der Waals surface area contributed by atoms with Crippen molar-refractivity contribution in [3.8, 4) is 5.75 Å². The van der Waals surface area contributed by atoms with Gasteiger partial charge in [0.2, 0.25) is 0 Å². The van der Waals surface area contributed by atoms with Gasteiger partial charge >= 0.3 is 12.1 Å². The zero-order valence-electron chi connectivity index (χ0n) is 10.9. The summed E-state index contributed by atoms with van der Waals surface area (Å²) >= 11 is 0. The summed E-state index contributed by atoms with van der Waals surface area (Å²) < 4.78 is 43.7. The van der Waals surface area contributed by atoms with E-state index < -0.39 is 29.6 Å². The number of rotatable bonds is 2. The fourth-order valence-corrected chi connectivity index (χ4v) is 1.94. The molecular formula is C13H13F3N2O2. The quantitative estimate of drug-likeness (QED) is 0.617. The molecule has 2 atom stereocenters. The van der Waals surface area contributed by atoms with Crippen molar-refractivity contribution < 1.29 is 22.7 Å². The minimum atomic E-state index is -4.55. The van der Waals surface area contributed by atoms with E-state index in [4.69, 9.17) is 4.74 Å². The number of hydrogen-bond donors (Lipinski definition) is 0. The lowest BCUT2D eigenvalue weighted by Crippen LogP contribution is -2.45. The molecule has 2 rings (SSSR count). The highest BCUT2D eigenvalue weighted by Gasteiger charge is 2.60. The van der Waals surface area contributed by atoms with Gasteiger partial charge < -0.3 is 4.74 Å². The van der Waals surface area contributed by atoms with E-state index in [1.807, 2.05) is 0 Å². The highest BCUT2D eigenvalue weighted by atomic mass is 19.4. The van der Waals surface area contributed by atoms with E-state index in [-0.39, 0.29) is 5.75 Å². The number of azo groups is 1. The fraction of sp³-hybridized carbons (Fsp3) is 0.462. The molecule has 4 nitrogen and oxygen atoms in total. The molecule has 0 aromatic heterocycles. The molecule has 0 unspecified atom stereocenters. The van der Waals surface area contributed by atoms with Crippen molar-refractivity contribution >= 4 is 5.97 Å². The average molecular weight is 286 g/mol. The monoisotopic (exact) mass is 286 g/mol. The molecule has 0 fully saturated rings. The minimum absolute atomic E-state index is 0.259. The summed E-state index contributed by atoms with van der Waals surface area (Å²) in [6.45, 7) is 2.20. The van der Waals surface area contributed by atoms with Crippen molar-refractivity contribution in [2.75, 3.05) is 0 Å². The summed E-state index contributed by atoms with van der Waals surface area (Å²) in [4.78, 5) is 12.0. The molecule has 0 saturated carbocycles. The first-order chi connectivity index (χ1) is 9.16. The Kier molecular flexibility index (Phi) is 3.31. The summed E-state index contributed by atoms with van der Waals surface area (Å²) in [5, 5.41) is 6.77. The molecule has 7 heteroatoms. The van der Waals surface area contributed by atoms with Gasteiger partial charge in [0, 0.05) is 6.42 Å². The minimum Gasteiger partial charge on any atom is -0.425 e. The SMILES string of the molecule is C[C@]1(C(=O)Oc2ccccc2)C[C@](C)(C(F)(F)F)N=N1. The van der Waals surface area contributed by atoms with Crippen molar-refractivity contribution in [3.05, 3.63) is 30.3 Å². The number of benzene rings is 1. The van der Waals surface area contributed by atoms with Crippen LogP contribution in [0.3, 0.4) is 0 Å². The first-order valence-corrected chi connectivity index (χ1v) is 5.94. The Morgan fingerprint density at radius 3 is 2.30 bits per heavy atom. The molecule has 1 aliphatic rings.